The maximum absolute atomic E-state index is 13.5. The molecule has 4 aliphatic carbocycles. The molecule has 1 aromatic heterocycles. The summed E-state index contributed by atoms with van der Waals surface area (Å²) in [4.78, 5) is 19.7. The van der Waals surface area contributed by atoms with Crippen LogP contribution in [0.4, 0.5) is 11.4 Å². The number of nitrogens with one attached hydrogen (secondary N) is 1. The molecule has 2 unspecified atom stereocenters. The second-order valence-electron chi connectivity index (χ2n) is 9.32. The monoisotopic (exact) mass is 399 g/mol. The number of hydrogen-bond donors (Lipinski definition) is 1. The Morgan fingerprint density at radius 3 is 2.43 bits per heavy atom. The van der Waals surface area contributed by atoms with Crippen LogP contribution in [0.1, 0.15) is 38.5 Å². The Morgan fingerprint density at radius 2 is 1.86 bits per heavy atom. The average Bonchev–Trinajstić information content (AvgIpc) is 3.08. The number of halogens is 1. The molecule has 28 heavy (non-hydrogen) atoms. The number of amides is 1. The highest BCUT2D eigenvalue weighted by atomic mass is 35.5. The van der Waals surface area contributed by atoms with Gasteiger partial charge >= 0.3 is 0 Å². The molecule has 1 amide bonds. The molecule has 0 radical (unpaired) electrons. The van der Waals surface area contributed by atoms with Gasteiger partial charge in [0, 0.05) is 25.5 Å². The van der Waals surface area contributed by atoms with Gasteiger partial charge in [-0.2, -0.15) is 0 Å². The molecule has 2 aromatic rings. The Kier molecular flexibility index (Phi) is 3.99. The lowest BCUT2D eigenvalue weighted by Crippen LogP contribution is -2.60. The standard InChI is InChI=1S/C21H26ClN5O/c1-26(2)17-5-3-16(4-6-17)24-18(28)20-8-14-7-15(9-20)11-21(10-14,12-20)27-13-23-19(22)25-27/h3-6,13-15H,7-12H2,1-2H3,(H,24,28). The molecule has 4 bridgehead atoms. The first-order valence-corrected chi connectivity index (χ1v) is 10.4. The summed E-state index contributed by atoms with van der Waals surface area (Å²) in [7, 11) is 4.03. The van der Waals surface area contributed by atoms with Gasteiger partial charge in [-0.25, -0.2) is 9.67 Å². The van der Waals surface area contributed by atoms with Crippen LogP contribution in [0.3, 0.4) is 0 Å². The second kappa shape index (κ2) is 6.21. The summed E-state index contributed by atoms with van der Waals surface area (Å²) >= 11 is 6.01. The zero-order valence-corrected chi connectivity index (χ0v) is 17.1. The number of carbonyl (C=O) groups excluding carboxylic acids is 1. The smallest absolute Gasteiger partial charge is 0.242 e. The zero-order valence-electron chi connectivity index (χ0n) is 16.4. The fourth-order valence-corrected chi connectivity index (χ4v) is 6.45. The van der Waals surface area contributed by atoms with Crippen LogP contribution in [0.2, 0.25) is 5.28 Å². The molecule has 6 nitrogen and oxygen atoms in total. The van der Waals surface area contributed by atoms with Crippen LogP contribution in [0, 0.1) is 17.3 Å². The van der Waals surface area contributed by atoms with Crippen molar-refractivity contribution in [3.63, 3.8) is 0 Å². The largest absolute Gasteiger partial charge is 0.378 e. The fourth-order valence-electron chi connectivity index (χ4n) is 6.33. The van der Waals surface area contributed by atoms with Crippen molar-refractivity contribution in [2.24, 2.45) is 17.3 Å². The van der Waals surface area contributed by atoms with Crippen molar-refractivity contribution in [3.05, 3.63) is 35.9 Å². The van der Waals surface area contributed by atoms with Gasteiger partial charge < -0.3 is 10.2 Å². The van der Waals surface area contributed by atoms with E-state index in [9.17, 15) is 4.79 Å². The molecular formula is C21H26ClN5O. The SMILES string of the molecule is CN(C)c1ccc(NC(=O)C23CC4CC(C2)CC(n2cnc(Cl)n2)(C4)C3)cc1. The molecule has 2 atom stereocenters. The quantitative estimate of drug-likeness (QED) is 0.846. The van der Waals surface area contributed by atoms with Crippen molar-refractivity contribution in [2.45, 2.75) is 44.1 Å². The number of rotatable bonds is 4. The summed E-state index contributed by atoms with van der Waals surface area (Å²) in [6.07, 6.45) is 7.93. The van der Waals surface area contributed by atoms with Gasteiger partial charge in [0.15, 0.2) is 0 Å². The van der Waals surface area contributed by atoms with Gasteiger partial charge in [-0.05, 0) is 86.2 Å². The minimum absolute atomic E-state index is 0.115. The topological polar surface area (TPSA) is 63.1 Å². The van der Waals surface area contributed by atoms with E-state index < -0.39 is 0 Å². The fraction of sp³-hybridized carbons (Fsp3) is 0.571. The average molecular weight is 400 g/mol. The highest BCUT2D eigenvalue weighted by Gasteiger charge is 2.61. The molecule has 4 saturated carbocycles. The lowest BCUT2D eigenvalue weighted by Gasteiger charge is -2.60. The van der Waals surface area contributed by atoms with Gasteiger partial charge in [0.25, 0.3) is 0 Å². The predicted molar refractivity (Wildman–Crippen MR) is 110 cm³/mol. The van der Waals surface area contributed by atoms with Crippen molar-refractivity contribution in [3.8, 4) is 0 Å². The van der Waals surface area contributed by atoms with Gasteiger partial charge in [-0.3, -0.25) is 4.79 Å². The third-order valence-corrected chi connectivity index (χ3v) is 7.28. The first-order valence-electron chi connectivity index (χ1n) is 10.0. The van der Waals surface area contributed by atoms with Crippen molar-refractivity contribution in [2.75, 3.05) is 24.3 Å². The van der Waals surface area contributed by atoms with E-state index in [4.69, 9.17) is 11.6 Å². The minimum atomic E-state index is -0.317. The maximum Gasteiger partial charge on any atom is 0.242 e. The highest BCUT2D eigenvalue weighted by molar-refractivity contribution is 6.28. The molecule has 1 N–H and O–H groups in total. The lowest BCUT2D eigenvalue weighted by molar-refractivity contribution is -0.150. The van der Waals surface area contributed by atoms with Crippen LogP contribution >= 0.6 is 11.6 Å². The number of benzene rings is 1. The van der Waals surface area contributed by atoms with E-state index >= 15 is 0 Å². The molecule has 4 aliphatic rings. The number of hydrogen-bond acceptors (Lipinski definition) is 4. The Labute approximate surface area is 170 Å². The van der Waals surface area contributed by atoms with E-state index in [2.05, 4.69) is 20.3 Å². The Bertz CT molecular complexity index is 892. The van der Waals surface area contributed by atoms with Crippen LogP contribution < -0.4 is 10.2 Å². The molecule has 7 heteroatoms. The predicted octanol–water partition coefficient (Wildman–Crippen LogP) is 3.93. The van der Waals surface area contributed by atoms with Crippen LogP contribution in [-0.4, -0.2) is 34.8 Å². The zero-order chi connectivity index (χ0) is 19.5. The summed E-state index contributed by atoms with van der Waals surface area (Å²) in [5.41, 5.74) is 1.55. The maximum atomic E-state index is 13.5. The van der Waals surface area contributed by atoms with Gasteiger partial charge in [0.2, 0.25) is 11.2 Å². The van der Waals surface area contributed by atoms with Gasteiger partial charge in [-0.15, -0.1) is 5.10 Å². The Morgan fingerprint density at radius 1 is 1.18 bits per heavy atom. The number of carbonyl (C=O) groups is 1. The van der Waals surface area contributed by atoms with Gasteiger partial charge in [-0.1, -0.05) is 0 Å². The summed E-state index contributed by atoms with van der Waals surface area (Å²) in [6.45, 7) is 0. The van der Waals surface area contributed by atoms with E-state index in [-0.39, 0.29) is 22.1 Å². The number of anilines is 2. The van der Waals surface area contributed by atoms with Gasteiger partial charge in [0.05, 0.1) is 11.0 Å². The van der Waals surface area contributed by atoms with E-state index in [1.165, 1.54) is 6.42 Å². The molecule has 0 saturated heterocycles. The van der Waals surface area contributed by atoms with Crippen molar-refractivity contribution in [1.29, 1.82) is 0 Å². The van der Waals surface area contributed by atoms with Crippen LogP contribution in [0.25, 0.3) is 0 Å². The van der Waals surface area contributed by atoms with Gasteiger partial charge in [0.1, 0.15) is 6.33 Å². The molecule has 0 aliphatic heterocycles. The molecule has 1 heterocycles. The Balaban J connectivity index is 1.42. The van der Waals surface area contributed by atoms with Crippen LogP contribution in [0.15, 0.2) is 30.6 Å². The molecule has 0 spiro atoms. The molecule has 1 aromatic carbocycles. The number of nitrogens with zero attached hydrogens (tertiary/aromatic N) is 4. The van der Waals surface area contributed by atoms with Crippen LogP contribution in [0.5, 0.6) is 0 Å². The third-order valence-electron chi connectivity index (χ3n) is 7.10. The summed E-state index contributed by atoms with van der Waals surface area (Å²) in [5.74, 6) is 1.31. The minimum Gasteiger partial charge on any atom is -0.378 e. The number of aromatic nitrogens is 3. The van der Waals surface area contributed by atoms with E-state index in [1.807, 2.05) is 43.0 Å². The van der Waals surface area contributed by atoms with E-state index in [0.717, 1.165) is 43.5 Å². The molecule has 6 rings (SSSR count). The molecule has 148 valence electrons. The molecular weight excluding hydrogens is 374 g/mol. The first-order chi connectivity index (χ1) is 13.4. The van der Waals surface area contributed by atoms with Crippen molar-refractivity contribution in [1.82, 2.24) is 14.8 Å². The third kappa shape index (κ3) is 2.81. The van der Waals surface area contributed by atoms with Crippen molar-refractivity contribution >= 4 is 28.9 Å². The summed E-state index contributed by atoms with van der Waals surface area (Å²) < 4.78 is 1.96. The van der Waals surface area contributed by atoms with Crippen LogP contribution in [-0.2, 0) is 10.3 Å². The first kappa shape index (κ1) is 18.0. The van der Waals surface area contributed by atoms with Crippen molar-refractivity contribution < 1.29 is 4.79 Å². The Hall–Kier alpha value is -2.08. The highest BCUT2D eigenvalue weighted by Crippen LogP contribution is 2.64. The van der Waals surface area contributed by atoms with E-state index in [1.54, 1.807) is 6.33 Å². The normalized spacial score (nSPS) is 33.1. The van der Waals surface area contributed by atoms with E-state index in [0.29, 0.717) is 11.8 Å². The molecule has 4 fully saturated rings. The summed E-state index contributed by atoms with van der Waals surface area (Å²) in [6, 6.07) is 8.05. The lowest BCUT2D eigenvalue weighted by atomic mass is 9.46. The second-order valence-corrected chi connectivity index (χ2v) is 9.66. The summed E-state index contributed by atoms with van der Waals surface area (Å²) in [5, 5.41) is 7.93.